The third-order valence-corrected chi connectivity index (χ3v) is 3.16. The lowest BCUT2D eigenvalue weighted by atomic mass is 9.85. The van der Waals surface area contributed by atoms with E-state index in [9.17, 15) is 4.39 Å². The molecule has 0 unspecified atom stereocenters. The monoisotopic (exact) mass is 224 g/mol. The van der Waals surface area contributed by atoms with E-state index in [1.807, 2.05) is 27.7 Å². The maximum atomic E-state index is 13.4. The van der Waals surface area contributed by atoms with Gasteiger partial charge in [-0.15, -0.1) is 0 Å². The number of halogens is 1. The quantitative estimate of drug-likeness (QED) is 0.665. The van der Waals surface area contributed by atoms with Gasteiger partial charge in [0.15, 0.2) is 0 Å². The number of aromatic nitrogens is 2. The first-order valence-corrected chi connectivity index (χ1v) is 5.15. The maximum absolute atomic E-state index is 13.4. The van der Waals surface area contributed by atoms with E-state index in [2.05, 4.69) is 9.97 Å². The molecule has 1 aromatic rings. The Morgan fingerprint density at radius 2 is 1.56 bits per heavy atom. The highest BCUT2D eigenvalue weighted by Gasteiger charge is 2.53. The molecule has 86 valence electrons. The summed E-state index contributed by atoms with van der Waals surface area (Å²) in [5, 5.41) is 0. The van der Waals surface area contributed by atoms with Crippen LogP contribution < -0.4 is 5.59 Å². The zero-order chi connectivity index (χ0) is 12.0. The number of rotatable bonds is 1. The molecule has 6 heteroatoms. The molecule has 1 aromatic heterocycles. The number of hydrogen-bond donors (Lipinski definition) is 0. The summed E-state index contributed by atoms with van der Waals surface area (Å²) in [4.78, 5) is 7.43. The molecular weight excluding hydrogens is 210 g/mol. The van der Waals surface area contributed by atoms with Crippen molar-refractivity contribution in [3.05, 3.63) is 18.3 Å². The molecule has 0 atom stereocenters. The molecule has 1 aliphatic heterocycles. The predicted molar refractivity (Wildman–Crippen MR) is 57.7 cm³/mol. The molecule has 4 nitrogen and oxygen atoms in total. The molecule has 2 rings (SSSR count). The summed E-state index contributed by atoms with van der Waals surface area (Å²) >= 11 is 0. The van der Waals surface area contributed by atoms with Gasteiger partial charge < -0.3 is 9.31 Å². The van der Waals surface area contributed by atoms with Crippen LogP contribution >= 0.6 is 0 Å². The summed E-state index contributed by atoms with van der Waals surface area (Å²) in [5.41, 5.74) is -0.898. The molecule has 16 heavy (non-hydrogen) atoms. The topological polar surface area (TPSA) is 44.2 Å². The third-order valence-electron chi connectivity index (χ3n) is 3.16. The van der Waals surface area contributed by atoms with E-state index in [0.717, 1.165) is 0 Å². The molecule has 1 aliphatic rings. The van der Waals surface area contributed by atoms with Gasteiger partial charge in [0.25, 0.3) is 0 Å². The lowest BCUT2D eigenvalue weighted by Crippen LogP contribution is -2.41. The van der Waals surface area contributed by atoms with E-state index in [-0.39, 0.29) is 5.59 Å². The molecule has 0 N–H and O–H groups in total. The molecule has 0 radical (unpaired) electrons. The Balaban J connectivity index is 2.31. The first-order valence-electron chi connectivity index (χ1n) is 5.15. The van der Waals surface area contributed by atoms with E-state index < -0.39 is 24.3 Å². The fraction of sp³-hybridized carbons (Fsp3) is 0.600. The van der Waals surface area contributed by atoms with Crippen molar-refractivity contribution in [1.82, 2.24) is 9.97 Å². The highest BCUT2D eigenvalue weighted by Crippen LogP contribution is 2.36. The van der Waals surface area contributed by atoms with Crippen LogP contribution in [0, 0.1) is 5.95 Å². The van der Waals surface area contributed by atoms with Crippen LogP contribution in [0.15, 0.2) is 12.4 Å². The van der Waals surface area contributed by atoms with Crippen molar-refractivity contribution in [3.63, 3.8) is 0 Å². The van der Waals surface area contributed by atoms with Gasteiger partial charge in [0.2, 0.25) is 5.95 Å². The molecule has 0 saturated carbocycles. The van der Waals surface area contributed by atoms with Gasteiger partial charge in [-0.2, -0.15) is 4.39 Å². The van der Waals surface area contributed by atoms with E-state index in [1.54, 1.807) is 0 Å². The van der Waals surface area contributed by atoms with E-state index >= 15 is 0 Å². The van der Waals surface area contributed by atoms with Gasteiger partial charge in [-0.1, -0.05) is 0 Å². The molecule has 1 saturated heterocycles. The normalized spacial score (nSPS) is 22.4. The van der Waals surface area contributed by atoms with Gasteiger partial charge in [0, 0.05) is 12.4 Å². The summed E-state index contributed by atoms with van der Waals surface area (Å²) in [7, 11) is -0.793. The van der Waals surface area contributed by atoms with Crippen molar-refractivity contribution in [3.8, 4) is 0 Å². The minimum atomic E-state index is -0.793. The Morgan fingerprint density at radius 1 is 1.06 bits per heavy atom. The van der Waals surface area contributed by atoms with Crippen LogP contribution in [0.2, 0.25) is 0 Å². The second kappa shape index (κ2) is 3.50. The molecule has 0 aromatic carbocycles. The van der Waals surface area contributed by atoms with Crippen molar-refractivity contribution < 1.29 is 13.7 Å². The van der Waals surface area contributed by atoms with Crippen molar-refractivity contribution in [2.24, 2.45) is 0 Å². The van der Waals surface area contributed by atoms with Crippen LogP contribution in [0.3, 0.4) is 0 Å². The minimum Gasteiger partial charge on any atom is -0.398 e. The smallest absolute Gasteiger partial charge is 0.398 e. The van der Waals surface area contributed by atoms with Crippen LogP contribution in [0.1, 0.15) is 27.7 Å². The van der Waals surface area contributed by atoms with E-state index in [1.165, 1.54) is 12.4 Å². The molecule has 0 aliphatic carbocycles. The summed E-state index contributed by atoms with van der Waals surface area (Å²) < 4.78 is 24.7. The van der Waals surface area contributed by atoms with Crippen LogP contribution in [0.4, 0.5) is 4.39 Å². The van der Waals surface area contributed by atoms with Gasteiger partial charge >= 0.3 is 7.12 Å². The Hall–Kier alpha value is -1.01. The SMILES string of the molecule is CC1(C)OB(c2nccnc2F)OC1(C)C. The third kappa shape index (κ3) is 1.72. The summed E-state index contributed by atoms with van der Waals surface area (Å²) in [5.74, 6) is -0.652. The Kier molecular flexibility index (Phi) is 2.51. The minimum absolute atomic E-state index is 0.0983. The Bertz CT molecular complexity index is 396. The van der Waals surface area contributed by atoms with Gasteiger partial charge in [0.05, 0.1) is 11.2 Å². The van der Waals surface area contributed by atoms with E-state index in [0.29, 0.717) is 0 Å². The zero-order valence-corrected chi connectivity index (χ0v) is 9.82. The van der Waals surface area contributed by atoms with Crippen LogP contribution in [-0.2, 0) is 9.31 Å². The first-order chi connectivity index (χ1) is 7.33. The second-order valence-corrected chi connectivity index (χ2v) is 4.82. The zero-order valence-electron chi connectivity index (χ0n) is 9.82. The fourth-order valence-corrected chi connectivity index (χ4v) is 1.44. The van der Waals surface area contributed by atoms with Crippen LogP contribution in [0.25, 0.3) is 0 Å². The van der Waals surface area contributed by atoms with Crippen LogP contribution in [0.5, 0.6) is 0 Å². The number of hydrogen-bond acceptors (Lipinski definition) is 4. The highest BCUT2D eigenvalue weighted by atomic mass is 19.1. The Labute approximate surface area is 94.3 Å². The molecule has 0 bridgehead atoms. The average Bonchev–Trinajstić information content (AvgIpc) is 2.36. The standard InChI is InChI=1S/C10H14BFN2O2/c1-9(2)10(3,4)16-11(15-9)7-8(12)14-6-5-13-7/h5-6H,1-4H3. The van der Waals surface area contributed by atoms with Crippen molar-refractivity contribution in [1.29, 1.82) is 0 Å². The summed E-state index contributed by atoms with van der Waals surface area (Å²) in [6.07, 6.45) is 2.72. The first kappa shape index (κ1) is 11.5. The van der Waals surface area contributed by atoms with Gasteiger partial charge in [-0.3, -0.25) is 4.98 Å². The summed E-state index contributed by atoms with van der Waals surface area (Å²) in [6.45, 7) is 7.62. The van der Waals surface area contributed by atoms with Crippen LogP contribution in [-0.4, -0.2) is 28.3 Å². The summed E-state index contributed by atoms with van der Waals surface area (Å²) in [6, 6.07) is 0. The lowest BCUT2D eigenvalue weighted by Gasteiger charge is -2.32. The maximum Gasteiger partial charge on any atom is 0.519 e. The van der Waals surface area contributed by atoms with Crippen molar-refractivity contribution >= 4 is 12.7 Å². The fourth-order valence-electron chi connectivity index (χ4n) is 1.44. The lowest BCUT2D eigenvalue weighted by molar-refractivity contribution is 0.00578. The Morgan fingerprint density at radius 3 is 2.06 bits per heavy atom. The van der Waals surface area contributed by atoms with Gasteiger partial charge in [-0.25, -0.2) is 4.98 Å². The van der Waals surface area contributed by atoms with Crippen molar-refractivity contribution in [2.45, 2.75) is 38.9 Å². The number of nitrogens with zero attached hydrogens (tertiary/aromatic N) is 2. The molecule has 2 heterocycles. The molecule has 0 amide bonds. The van der Waals surface area contributed by atoms with Gasteiger partial charge in [-0.05, 0) is 27.7 Å². The molecular formula is C10H14BFN2O2. The highest BCUT2D eigenvalue weighted by molar-refractivity contribution is 6.61. The second-order valence-electron chi connectivity index (χ2n) is 4.82. The molecule has 1 fully saturated rings. The van der Waals surface area contributed by atoms with Crippen molar-refractivity contribution in [2.75, 3.05) is 0 Å². The molecule has 0 spiro atoms. The van der Waals surface area contributed by atoms with Gasteiger partial charge in [0.1, 0.15) is 5.59 Å². The largest absolute Gasteiger partial charge is 0.519 e. The predicted octanol–water partition coefficient (Wildman–Crippen LogP) is 0.915. The van der Waals surface area contributed by atoms with E-state index in [4.69, 9.17) is 9.31 Å². The average molecular weight is 224 g/mol.